The van der Waals surface area contributed by atoms with Crippen LogP contribution in [0.15, 0.2) is 30.3 Å². The molecular weight excluding hydrogens is 166 g/mol. The Morgan fingerprint density at radius 1 is 1.25 bits per heavy atom. The van der Waals surface area contributed by atoms with Crippen molar-refractivity contribution in [2.45, 2.75) is 6.54 Å². The van der Waals surface area contributed by atoms with E-state index in [1.807, 2.05) is 6.07 Å². The number of nitrogens with zero attached hydrogens (tertiary/aromatic N) is 1. The smallest absolute Gasteiger partial charge is 0.0231 e. The second-order valence-corrected chi connectivity index (χ2v) is 3.34. The third-order valence-corrected chi connectivity index (χ3v) is 1.95. The third-order valence-electron chi connectivity index (χ3n) is 1.77. The topological polar surface area (TPSA) is 3.24 Å². The zero-order valence-electron chi connectivity index (χ0n) is 7.36. The van der Waals surface area contributed by atoms with Crippen molar-refractivity contribution in [2.75, 3.05) is 19.3 Å². The van der Waals surface area contributed by atoms with Gasteiger partial charge in [0.25, 0.3) is 0 Å². The van der Waals surface area contributed by atoms with E-state index in [4.69, 9.17) is 12.6 Å². The van der Waals surface area contributed by atoms with Crippen LogP contribution in [-0.4, -0.2) is 24.2 Å². The van der Waals surface area contributed by atoms with Crippen molar-refractivity contribution >= 4 is 12.6 Å². The molecule has 0 aliphatic carbocycles. The molecule has 1 aromatic rings. The van der Waals surface area contributed by atoms with E-state index in [0.717, 1.165) is 18.8 Å². The number of hydrogen-bond acceptors (Lipinski definition) is 1. The standard InChI is InChI=1S/C10H14NS/c1-11(7-8-12)9-10-5-3-2-4-6-10/h2-6H,7-9H2,1H3. The van der Waals surface area contributed by atoms with Gasteiger partial charge in [0.05, 0.1) is 0 Å². The maximum absolute atomic E-state index is 4.90. The second-order valence-electron chi connectivity index (χ2n) is 2.93. The van der Waals surface area contributed by atoms with Crippen LogP contribution in [0.25, 0.3) is 0 Å². The van der Waals surface area contributed by atoms with Gasteiger partial charge in [-0.25, -0.2) is 0 Å². The summed E-state index contributed by atoms with van der Waals surface area (Å²) in [7, 11) is 2.10. The molecule has 1 radical (unpaired) electrons. The Morgan fingerprint density at radius 2 is 1.92 bits per heavy atom. The molecule has 0 heterocycles. The average molecular weight is 180 g/mol. The van der Waals surface area contributed by atoms with E-state index in [1.54, 1.807) is 0 Å². The maximum Gasteiger partial charge on any atom is 0.0231 e. The number of rotatable bonds is 4. The van der Waals surface area contributed by atoms with Gasteiger partial charge in [-0.3, -0.25) is 0 Å². The highest BCUT2D eigenvalue weighted by Crippen LogP contribution is 2.01. The minimum Gasteiger partial charge on any atom is -0.301 e. The lowest BCUT2D eigenvalue weighted by Gasteiger charge is -2.14. The van der Waals surface area contributed by atoms with E-state index >= 15 is 0 Å². The molecule has 0 N–H and O–H groups in total. The van der Waals surface area contributed by atoms with Crippen LogP contribution < -0.4 is 0 Å². The highest BCUT2D eigenvalue weighted by molar-refractivity contribution is 7.80. The van der Waals surface area contributed by atoms with Crippen molar-refractivity contribution in [3.8, 4) is 0 Å². The molecule has 2 heteroatoms. The molecular formula is C10H14NS. The highest BCUT2D eigenvalue weighted by Gasteiger charge is 1.96. The molecule has 0 bridgehead atoms. The Morgan fingerprint density at radius 3 is 2.50 bits per heavy atom. The SMILES string of the molecule is CN(CC[S])Cc1ccccc1. The summed E-state index contributed by atoms with van der Waals surface area (Å²) in [4.78, 5) is 2.24. The highest BCUT2D eigenvalue weighted by atomic mass is 32.1. The molecule has 0 aromatic heterocycles. The van der Waals surface area contributed by atoms with Crippen molar-refractivity contribution in [3.05, 3.63) is 35.9 Å². The van der Waals surface area contributed by atoms with Gasteiger partial charge in [0.1, 0.15) is 0 Å². The molecule has 0 saturated carbocycles. The van der Waals surface area contributed by atoms with Crippen LogP contribution in [0.1, 0.15) is 5.56 Å². The molecule has 0 aliphatic rings. The fraction of sp³-hybridized carbons (Fsp3) is 0.400. The Kier molecular flexibility index (Phi) is 4.19. The lowest BCUT2D eigenvalue weighted by atomic mass is 10.2. The van der Waals surface area contributed by atoms with E-state index in [2.05, 4.69) is 36.2 Å². The number of hydrogen-bond donors (Lipinski definition) is 0. The van der Waals surface area contributed by atoms with Gasteiger partial charge in [-0.2, -0.15) is 0 Å². The first-order valence-corrected chi connectivity index (χ1v) is 4.71. The van der Waals surface area contributed by atoms with Gasteiger partial charge in [-0.15, -0.1) is 0 Å². The Hall–Kier alpha value is -0.470. The van der Waals surface area contributed by atoms with Crippen molar-refractivity contribution in [2.24, 2.45) is 0 Å². The van der Waals surface area contributed by atoms with Crippen LogP contribution in [0, 0.1) is 0 Å². The van der Waals surface area contributed by atoms with Crippen LogP contribution in [0.3, 0.4) is 0 Å². The second kappa shape index (κ2) is 5.22. The van der Waals surface area contributed by atoms with Crippen molar-refractivity contribution < 1.29 is 0 Å². The van der Waals surface area contributed by atoms with E-state index in [9.17, 15) is 0 Å². The van der Waals surface area contributed by atoms with E-state index in [1.165, 1.54) is 5.56 Å². The average Bonchev–Trinajstić information content (AvgIpc) is 2.06. The van der Waals surface area contributed by atoms with Gasteiger partial charge in [-0.05, 0) is 12.6 Å². The summed E-state index contributed by atoms with van der Waals surface area (Å²) >= 11 is 4.90. The summed E-state index contributed by atoms with van der Waals surface area (Å²) in [6.07, 6.45) is 0. The van der Waals surface area contributed by atoms with Gasteiger partial charge in [-0.1, -0.05) is 43.0 Å². The maximum atomic E-state index is 4.90. The molecule has 65 valence electrons. The first-order chi connectivity index (χ1) is 5.83. The molecule has 12 heavy (non-hydrogen) atoms. The summed E-state index contributed by atoms with van der Waals surface area (Å²) in [6, 6.07) is 10.4. The zero-order chi connectivity index (χ0) is 8.81. The minimum absolute atomic E-state index is 0.809. The zero-order valence-corrected chi connectivity index (χ0v) is 8.18. The number of benzene rings is 1. The summed E-state index contributed by atoms with van der Waals surface area (Å²) in [5.74, 6) is 0.809. The first-order valence-electron chi connectivity index (χ1n) is 4.13. The Bertz CT molecular complexity index is 210. The Labute approximate surface area is 79.8 Å². The van der Waals surface area contributed by atoms with E-state index < -0.39 is 0 Å². The van der Waals surface area contributed by atoms with Gasteiger partial charge in [0.2, 0.25) is 0 Å². The van der Waals surface area contributed by atoms with Crippen LogP contribution in [0.2, 0.25) is 0 Å². The minimum atomic E-state index is 0.809. The van der Waals surface area contributed by atoms with Crippen molar-refractivity contribution in [3.63, 3.8) is 0 Å². The van der Waals surface area contributed by atoms with Crippen LogP contribution in [0.5, 0.6) is 0 Å². The molecule has 0 unspecified atom stereocenters. The van der Waals surface area contributed by atoms with Gasteiger partial charge < -0.3 is 4.90 Å². The van der Waals surface area contributed by atoms with Crippen LogP contribution in [-0.2, 0) is 6.54 Å². The van der Waals surface area contributed by atoms with E-state index in [-0.39, 0.29) is 0 Å². The van der Waals surface area contributed by atoms with Gasteiger partial charge in [0, 0.05) is 18.8 Å². The lowest BCUT2D eigenvalue weighted by molar-refractivity contribution is 0.349. The quantitative estimate of drug-likeness (QED) is 0.687. The molecule has 0 saturated heterocycles. The molecule has 0 amide bonds. The molecule has 0 fully saturated rings. The van der Waals surface area contributed by atoms with Crippen molar-refractivity contribution in [1.82, 2.24) is 4.90 Å². The summed E-state index contributed by atoms with van der Waals surface area (Å²) in [5.41, 5.74) is 1.35. The monoisotopic (exact) mass is 180 g/mol. The molecule has 1 aromatic carbocycles. The largest absolute Gasteiger partial charge is 0.301 e. The first kappa shape index (κ1) is 9.62. The molecule has 0 spiro atoms. The fourth-order valence-electron chi connectivity index (χ4n) is 1.13. The van der Waals surface area contributed by atoms with E-state index in [0.29, 0.717) is 0 Å². The normalized spacial score (nSPS) is 10.6. The predicted octanol–water partition coefficient (Wildman–Crippen LogP) is 2.32. The third kappa shape index (κ3) is 3.28. The molecule has 0 aliphatic heterocycles. The molecule has 1 rings (SSSR count). The van der Waals surface area contributed by atoms with Gasteiger partial charge in [0.15, 0.2) is 0 Å². The summed E-state index contributed by atoms with van der Waals surface area (Å²) in [6.45, 7) is 1.99. The van der Waals surface area contributed by atoms with Crippen molar-refractivity contribution in [1.29, 1.82) is 0 Å². The molecule has 1 nitrogen and oxygen atoms in total. The fourth-order valence-corrected chi connectivity index (χ4v) is 1.44. The predicted molar refractivity (Wildman–Crippen MR) is 55.2 cm³/mol. The van der Waals surface area contributed by atoms with Crippen LogP contribution >= 0.6 is 12.6 Å². The summed E-state index contributed by atoms with van der Waals surface area (Å²) in [5, 5.41) is 0. The Balaban J connectivity index is 2.41. The van der Waals surface area contributed by atoms with Gasteiger partial charge >= 0.3 is 0 Å². The molecule has 0 atom stereocenters. The lowest BCUT2D eigenvalue weighted by Crippen LogP contribution is -2.19. The van der Waals surface area contributed by atoms with Crippen LogP contribution in [0.4, 0.5) is 0 Å². The summed E-state index contributed by atoms with van der Waals surface area (Å²) < 4.78 is 0.